The third-order valence-corrected chi connectivity index (χ3v) is 4.15. The van der Waals surface area contributed by atoms with E-state index in [0.717, 1.165) is 0 Å². The molecule has 0 saturated carbocycles. The lowest BCUT2D eigenvalue weighted by molar-refractivity contribution is 0.740. The Balaban J connectivity index is 0.000000188. The van der Waals surface area contributed by atoms with Crippen molar-refractivity contribution in [2.75, 3.05) is 0 Å². The summed E-state index contributed by atoms with van der Waals surface area (Å²) in [6, 6.07) is 26.2. The van der Waals surface area contributed by atoms with E-state index in [4.69, 9.17) is 17.2 Å². The summed E-state index contributed by atoms with van der Waals surface area (Å²) in [6.45, 7) is 0. The minimum absolute atomic E-state index is 0.220. The normalized spacial score (nSPS) is 11.2. The molecule has 0 amide bonds. The zero-order chi connectivity index (χ0) is 22.1. The van der Waals surface area contributed by atoms with Gasteiger partial charge in [0, 0.05) is 0 Å². The van der Waals surface area contributed by atoms with Crippen LogP contribution < -0.4 is 28.3 Å². The van der Waals surface area contributed by atoms with E-state index in [0.29, 0.717) is 0 Å². The second kappa shape index (κ2) is 10.1. The number of nitrogens with zero attached hydrogens (tertiary/aromatic N) is 5. The molecule has 4 rings (SSSR count). The van der Waals surface area contributed by atoms with Crippen LogP contribution in [0, 0.1) is 4.91 Å². The molecule has 0 aromatic heterocycles. The van der Waals surface area contributed by atoms with Crippen molar-refractivity contribution in [1.82, 2.24) is 11.1 Å². The van der Waals surface area contributed by atoms with Gasteiger partial charge < -0.3 is 17.2 Å². The molecular weight excluding hydrogens is 396 g/mol. The summed E-state index contributed by atoms with van der Waals surface area (Å²) in [5.41, 5.74) is 18.6. The van der Waals surface area contributed by atoms with Crippen LogP contribution in [0.4, 0.5) is 0 Å². The molecule has 0 heterocycles. The van der Waals surface area contributed by atoms with Crippen LogP contribution in [0.3, 0.4) is 0 Å². The predicted molar refractivity (Wildman–Crippen MR) is 123 cm³/mol. The molecule has 8 N–H and O–H groups in total. The van der Waals surface area contributed by atoms with Gasteiger partial charge in [-0.25, -0.2) is 0 Å². The molecule has 0 aliphatic heterocycles. The SMILES string of the molecule is NC(N)=NNN=NC(N)=NNN=O.c1ccc2cc3cc4ccccc4cc3cc2c1. The lowest BCUT2D eigenvalue weighted by atomic mass is 10.00. The quantitative estimate of drug-likeness (QED) is 0.0851. The van der Waals surface area contributed by atoms with E-state index >= 15 is 0 Å². The second-order valence-corrected chi connectivity index (χ2v) is 6.24. The highest BCUT2D eigenvalue weighted by Crippen LogP contribution is 2.27. The van der Waals surface area contributed by atoms with Crippen LogP contribution in [0.5, 0.6) is 0 Å². The molecular formula is C20H20N10O. The van der Waals surface area contributed by atoms with Gasteiger partial charge in [-0.2, -0.15) is 11.1 Å². The zero-order valence-electron chi connectivity index (χ0n) is 16.3. The van der Waals surface area contributed by atoms with Gasteiger partial charge in [0.05, 0.1) is 5.29 Å². The molecule has 0 unspecified atom stereocenters. The Bertz CT molecular complexity index is 1150. The van der Waals surface area contributed by atoms with E-state index in [1.807, 2.05) is 5.53 Å². The maximum Gasteiger partial charge on any atom is 0.260 e. The molecule has 0 bridgehead atoms. The highest BCUT2D eigenvalue weighted by molar-refractivity contribution is 6.04. The largest absolute Gasteiger partial charge is 0.369 e. The van der Waals surface area contributed by atoms with Crippen molar-refractivity contribution in [2.45, 2.75) is 0 Å². The number of nitrogens with one attached hydrogen (secondary N) is 2. The van der Waals surface area contributed by atoms with Crippen molar-refractivity contribution in [3.8, 4) is 0 Å². The lowest BCUT2D eigenvalue weighted by Crippen LogP contribution is -2.25. The molecule has 0 aliphatic rings. The van der Waals surface area contributed by atoms with Gasteiger partial charge in [0.2, 0.25) is 5.96 Å². The molecule has 0 atom stereocenters. The second-order valence-electron chi connectivity index (χ2n) is 6.24. The smallest absolute Gasteiger partial charge is 0.260 e. The first kappa shape index (κ1) is 20.9. The van der Waals surface area contributed by atoms with E-state index < -0.39 is 0 Å². The summed E-state index contributed by atoms with van der Waals surface area (Å²) >= 11 is 0. The van der Waals surface area contributed by atoms with Gasteiger partial charge in [0.1, 0.15) is 0 Å². The predicted octanol–water partition coefficient (Wildman–Crippen LogP) is 2.78. The van der Waals surface area contributed by atoms with Gasteiger partial charge in [0.15, 0.2) is 0 Å². The van der Waals surface area contributed by atoms with Gasteiger partial charge in [-0.1, -0.05) is 53.6 Å². The summed E-state index contributed by atoms with van der Waals surface area (Å²) in [7, 11) is 0. The third kappa shape index (κ3) is 5.84. The number of nitroso groups, excluding NO2 is 1. The Morgan fingerprint density at radius 2 is 1.10 bits per heavy atom. The van der Waals surface area contributed by atoms with E-state index in [2.05, 4.69) is 98.6 Å². The maximum absolute atomic E-state index is 9.46. The maximum atomic E-state index is 9.46. The Morgan fingerprint density at radius 3 is 1.48 bits per heavy atom. The Morgan fingerprint density at radius 1 is 0.645 bits per heavy atom. The van der Waals surface area contributed by atoms with E-state index in [1.54, 1.807) is 5.53 Å². The molecule has 4 aromatic carbocycles. The van der Waals surface area contributed by atoms with Crippen molar-refractivity contribution >= 4 is 44.2 Å². The number of benzene rings is 4. The highest BCUT2D eigenvalue weighted by Gasteiger charge is 2.00. The van der Waals surface area contributed by atoms with Gasteiger partial charge in [-0.05, 0) is 61.8 Å². The molecule has 0 spiro atoms. The van der Waals surface area contributed by atoms with Crippen LogP contribution in [0.25, 0.3) is 32.3 Å². The average Bonchev–Trinajstić information content (AvgIpc) is 2.78. The molecule has 4 aromatic rings. The third-order valence-electron chi connectivity index (χ3n) is 4.15. The summed E-state index contributed by atoms with van der Waals surface area (Å²) in [6.07, 6.45) is 0. The molecule has 0 saturated heterocycles. The van der Waals surface area contributed by atoms with Crippen LogP contribution in [0.2, 0.25) is 0 Å². The van der Waals surface area contributed by atoms with Crippen molar-refractivity contribution < 1.29 is 0 Å². The number of rotatable bonds is 4. The molecule has 0 fully saturated rings. The summed E-state index contributed by atoms with van der Waals surface area (Å²) in [5, 5.41) is 22.7. The first-order chi connectivity index (χ1) is 15.1. The number of hydrazone groups is 2. The first-order valence-electron chi connectivity index (χ1n) is 9.03. The fraction of sp³-hybridized carbons (Fsp3) is 0. The standard InChI is InChI=1S/C18H12.C2H8N10O/c1-2-6-14-10-18-12-16-8-4-3-7-15(16)11-17(18)9-13(14)5-1;3-1(4)6-9-10-7-2(5)8-11-12-13/h1-12H;(H,11,13)(H4,3,4,6,10)(H3,5,7,8,9,12). The van der Waals surface area contributed by atoms with E-state index in [1.165, 1.54) is 32.3 Å². The number of hydrogen-bond donors (Lipinski definition) is 5. The number of hydrogen-bond acceptors (Lipinski definition) is 5. The lowest BCUT2D eigenvalue weighted by Gasteiger charge is -2.04. The monoisotopic (exact) mass is 416 g/mol. The van der Waals surface area contributed by atoms with Crippen LogP contribution in [0.15, 0.2) is 98.6 Å². The number of guanidine groups is 2. The zero-order valence-corrected chi connectivity index (χ0v) is 16.3. The van der Waals surface area contributed by atoms with Crippen molar-refractivity contribution in [1.29, 1.82) is 0 Å². The highest BCUT2D eigenvalue weighted by atomic mass is 16.3. The summed E-state index contributed by atoms with van der Waals surface area (Å²) < 4.78 is 0. The van der Waals surface area contributed by atoms with E-state index in [9.17, 15) is 4.91 Å². The minimum atomic E-state index is -0.321. The number of nitrogens with two attached hydrogens (primary N) is 3. The topological polar surface area (TPSA) is 181 Å². The average molecular weight is 416 g/mol. The van der Waals surface area contributed by atoms with Gasteiger partial charge in [0.25, 0.3) is 5.96 Å². The molecule has 0 aliphatic carbocycles. The summed E-state index contributed by atoms with van der Waals surface area (Å²) in [4.78, 5) is 9.46. The van der Waals surface area contributed by atoms with Gasteiger partial charge in [-0.15, -0.1) is 15.1 Å². The van der Waals surface area contributed by atoms with Gasteiger partial charge in [-0.3, -0.25) is 0 Å². The summed E-state index contributed by atoms with van der Waals surface area (Å²) in [5.74, 6) is -0.542. The first-order valence-corrected chi connectivity index (χ1v) is 9.03. The number of fused-ring (bicyclic) bond motifs is 3. The fourth-order valence-electron chi connectivity index (χ4n) is 2.88. The Labute approximate surface area is 176 Å². The van der Waals surface area contributed by atoms with Crippen LogP contribution >= 0.6 is 0 Å². The molecule has 156 valence electrons. The fourth-order valence-corrected chi connectivity index (χ4v) is 2.88. The van der Waals surface area contributed by atoms with Crippen molar-refractivity contribution in [2.24, 2.45) is 43.0 Å². The Hall–Kier alpha value is -4.80. The van der Waals surface area contributed by atoms with Gasteiger partial charge >= 0.3 is 0 Å². The molecule has 11 heteroatoms. The molecule has 31 heavy (non-hydrogen) atoms. The molecule has 0 radical (unpaired) electrons. The van der Waals surface area contributed by atoms with Crippen LogP contribution in [-0.2, 0) is 0 Å². The van der Waals surface area contributed by atoms with E-state index in [-0.39, 0.29) is 11.9 Å². The Kier molecular flexibility index (Phi) is 6.83. The molecule has 11 nitrogen and oxygen atoms in total. The minimum Gasteiger partial charge on any atom is -0.369 e. The van der Waals surface area contributed by atoms with Crippen LogP contribution in [0.1, 0.15) is 0 Å². The van der Waals surface area contributed by atoms with Crippen molar-refractivity contribution in [3.63, 3.8) is 0 Å². The van der Waals surface area contributed by atoms with Crippen molar-refractivity contribution in [3.05, 3.63) is 77.7 Å². The van der Waals surface area contributed by atoms with Crippen LogP contribution in [-0.4, -0.2) is 11.9 Å².